The summed E-state index contributed by atoms with van der Waals surface area (Å²) in [7, 11) is 0. The van der Waals surface area contributed by atoms with Gasteiger partial charge in [-0.25, -0.2) is 13.1 Å². The van der Waals surface area contributed by atoms with Crippen LogP contribution in [0, 0.1) is 0 Å². The van der Waals surface area contributed by atoms with Crippen molar-refractivity contribution in [2.75, 3.05) is 0 Å². The molecule has 0 aromatic heterocycles. The summed E-state index contributed by atoms with van der Waals surface area (Å²) in [5, 5.41) is 0.350. The maximum Gasteiger partial charge on any atom is 0.281 e. The highest BCUT2D eigenvalue weighted by Gasteiger charge is 2.55. The molecule has 1 aliphatic rings. The van der Waals surface area contributed by atoms with Crippen LogP contribution in [0.5, 0.6) is 0 Å². The maximum absolute atomic E-state index is 11.7. The number of carbonyl (C=O) groups excluding carboxylic acids is 2. The first kappa shape index (κ1) is 13.3. The lowest BCUT2D eigenvalue weighted by atomic mass is 9.92. The molecule has 2 atom stereocenters. The minimum absolute atomic E-state index is 0.0627. The molecule has 2 rings (SSSR count). The van der Waals surface area contributed by atoms with E-state index in [1.165, 1.54) is 18.2 Å². The van der Waals surface area contributed by atoms with E-state index in [1.54, 1.807) is 0 Å². The van der Waals surface area contributed by atoms with Crippen LogP contribution in [0.2, 0.25) is 10.0 Å². The molecule has 1 aliphatic heterocycles. The third-order valence-electron chi connectivity index (χ3n) is 2.37. The third kappa shape index (κ3) is 1.89. The average molecular weight is 309 g/mol. The second-order valence-electron chi connectivity index (χ2n) is 3.42. The summed E-state index contributed by atoms with van der Waals surface area (Å²) in [6, 6.07) is 3.99. The van der Waals surface area contributed by atoms with Gasteiger partial charge in [-0.15, -0.1) is 0 Å². The SMILES string of the molecule is NC(=O)C1(c2ccc(Cl)c(Cl)c2)OS(=O)NC1=O. The lowest BCUT2D eigenvalue weighted by Gasteiger charge is -2.20. The van der Waals surface area contributed by atoms with Gasteiger partial charge in [0.1, 0.15) is 0 Å². The summed E-state index contributed by atoms with van der Waals surface area (Å²) in [4.78, 5) is 23.2. The summed E-state index contributed by atoms with van der Waals surface area (Å²) in [6.07, 6.45) is 0. The lowest BCUT2D eigenvalue weighted by molar-refractivity contribution is -0.144. The maximum atomic E-state index is 11.7. The number of benzene rings is 1. The van der Waals surface area contributed by atoms with E-state index in [9.17, 15) is 13.8 Å². The van der Waals surface area contributed by atoms with Gasteiger partial charge in [0.2, 0.25) is 0 Å². The molecule has 18 heavy (non-hydrogen) atoms. The molecule has 96 valence electrons. The zero-order valence-corrected chi connectivity index (χ0v) is 10.9. The number of hydrogen-bond acceptors (Lipinski definition) is 4. The quantitative estimate of drug-likeness (QED) is 0.773. The molecule has 2 unspecified atom stereocenters. The van der Waals surface area contributed by atoms with Gasteiger partial charge in [-0.2, -0.15) is 0 Å². The highest BCUT2D eigenvalue weighted by molar-refractivity contribution is 7.79. The Morgan fingerprint density at radius 1 is 1.39 bits per heavy atom. The minimum Gasteiger partial charge on any atom is -0.366 e. The molecule has 0 saturated carbocycles. The van der Waals surface area contributed by atoms with Crippen LogP contribution in [0.3, 0.4) is 0 Å². The Morgan fingerprint density at radius 3 is 2.50 bits per heavy atom. The van der Waals surface area contributed by atoms with Crippen molar-refractivity contribution >= 4 is 46.3 Å². The molecule has 0 aliphatic carbocycles. The first-order valence-corrected chi connectivity index (χ1v) is 6.39. The van der Waals surface area contributed by atoms with Gasteiger partial charge in [-0.1, -0.05) is 29.3 Å². The van der Waals surface area contributed by atoms with Gasteiger partial charge in [0.25, 0.3) is 28.7 Å². The molecule has 2 amide bonds. The van der Waals surface area contributed by atoms with Crippen LogP contribution in [0.25, 0.3) is 0 Å². The molecule has 0 radical (unpaired) electrons. The molecule has 1 aromatic rings. The van der Waals surface area contributed by atoms with E-state index >= 15 is 0 Å². The molecule has 1 fully saturated rings. The van der Waals surface area contributed by atoms with Crippen LogP contribution < -0.4 is 10.5 Å². The van der Waals surface area contributed by atoms with Gasteiger partial charge in [0.15, 0.2) is 0 Å². The van der Waals surface area contributed by atoms with Gasteiger partial charge in [-0.3, -0.25) is 9.59 Å². The highest BCUT2D eigenvalue weighted by Crippen LogP contribution is 2.34. The largest absolute Gasteiger partial charge is 0.366 e. The third-order valence-corrected chi connectivity index (χ3v) is 3.86. The standard InChI is InChI=1S/C9H6Cl2N2O4S/c10-5-2-1-4(3-6(5)11)9(7(12)14)8(15)13-18(16)17-9/h1-3H,(H2,12,14)(H,13,15). The molecule has 1 aromatic carbocycles. The van der Waals surface area contributed by atoms with E-state index in [0.717, 1.165) is 0 Å². The van der Waals surface area contributed by atoms with Crippen molar-refractivity contribution in [1.29, 1.82) is 0 Å². The number of halogens is 2. The second kappa shape index (κ2) is 4.51. The van der Waals surface area contributed by atoms with Crippen molar-refractivity contribution in [3.8, 4) is 0 Å². The van der Waals surface area contributed by atoms with Gasteiger partial charge >= 0.3 is 0 Å². The molecule has 9 heteroatoms. The Balaban J connectivity index is 2.62. The van der Waals surface area contributed by atoms with Crippen molar-refractivity contribution in [2.24, 2.45) is 5.73 Å². The van der Waals surface area contributed by atoms with Crippen LogP contribution in [-0.4, -0.2) is 16.0 Å². The summed E-state index contributed by atoms with van der Waals surface area (Å²) < 4.78 is 18.0. The first-order chi connectivity index (χ1) is 8.37. The Kier molecular flexibility index (Phi) is 3.33. The second-order valence-corrected chi connectivity index (χ2v) is 5.08. The first-order valence-electron chi connectivity index (χ1n) is 4.55. The van der Waals surface area contributed by atoms with E-state index in [0.29, 0.717) is 0 Å². The van der Waals surface area contributed by atoms with Gasteiger partial charge in [0, 0.05) is 5.56 Å². The van der Waals surface area contributed by atoms with E-state index in [2.05, 4.69) is 0 Å². The zero-order valence-electron chi connectivity index (χ0n) is 8.61. The number of primary amides is 1. The van der Waals surface area contributed by atoms with Gasteiger partial charge in [-0.05, 0) is 12.1 Å². The molecule has 0 bridgehead atoms. The summed E-state index contributed by atoms with van der Waals surface area (Å²) in [5.74, 6) is -2.00. The fraction of sp³-hybridized carbons (Fsp3) is 0.111. The monoisotopic (exact) mass is 308 g/mol. The summed E-state index contributed by atoms with van der Waals surface area (Å²) >= 11 is 9.39. The summed E-state index contributed by atoms with van der Waals surface area (Å²) in [5.41, 5.74) is 3.08. The van der Waals surface area contributed by atoms with Crippen LogP contribution in [0.1, 0.15) is 5.56 Å². The van der Waals surface area contributed by atoms with Crippen molar-refractivity contribution < 1.29 is 18.0 Å². The van der Waals surface area contributed by atoms with Crippen molar-refractivity contribution in [3.63, 3.8) is 0 Å². The zero-order chi connectivity index (χ0) is 13.5. The predicted molar refractivity (Wildman–Crippen MR) is 64.7 cm³/mol. The van der Waals surface area contributed by atoms with E-state index in [4.69, 9.17) is 33.1 Å². The topological polar surface area (TPSA) is 98.5 Å². The van der Waals surface area contributed by atoms with Gasteiger partial charge in [0.05, 0.1) is 10.0 Å². The number of hydrogen-bond donors (Lipinski definition) is 2. The Morgan fingerprint density at radius 2 is 2.06 bits per heavy atom. The molecule has 1 heterocycles. The van der Waals surface area contributed by atoms with Crippen LogP contribution in [0.4, 0.5) is 0 Å². The molecular weight excluding hydrogens is 303 g/mol. The fourth-order valence-corrected chi connectivity index (χ4v) is 2.63. The minimum atomic E-state index is -2.15. The number of nitrogens with one attached hydrogen (secondary N) is 1. The smallest absolute Gasteiger partial charge is 0.281 e. The Labute approximate surface area is 114 Å². The number of carbonyl (C=O) groups is 2. The lowest BCUT2D eigenvalue weighted by Crippen LogP contribution is -2.48. The van der Waals surface area contributed by atoms with Crippen molar-refractivity contribution in [1.82, 2.24) is 4.72 Å². The molecular formula is C9H6Cl2N2O4S. The molecule has 1 saturated heterocycles. The molecule has 3 N–H and O–H groups in total. The van der Waals surface area contributed by atoms with E-state index in [1.807, 2.05) is 4.72 Å². The fourth-order valence-electron chi connectivity index (χ4n) is 1.51. The normalized spacial score (nSPS) is 27.0. The van der Waals surface area contributed by atoms with Crippen molar-refractivity contribution in [3.05, 3.63) is 33.8 Å². The summed E-state index contributed by atoms with van der Waals surface area (Å²) in [6.45, 7) is 0. The number of amides is 2. The van der Waals surface area contributed by atoms with E-state index < -0.39 is 28.7 Å². The van der Waals surface area contributed by atoms with Crippen LogP contribution in [0.15, 0.2) is 18.2 Å². The molecule has 6 nitrogen and oxygen atoms in total. The van der Waals surface area contributed by atoms with Crippen molar-refractivity contribution in [2.45, 2.75) is 5.60 Å². The Hall–Kier alpha value is -1.15. The Bertz CT molecular complexity index is 580. The van der Waals surface area contributed by atoms with Crippen LogP contribution in [-0.2, 0) is 30.6 Å². The van der Waals surface area contributed by atoms with Gasteiger partial charge < -0.3 is 5.73 Å². The average Bonchev–Trinajstić information content (AvgIpc) is 2.59. The predicted octanol–water partition coefficient (Wildman–Crippen LogP) is 0.399. The van der Waals surface area contributed by atoms with Crippen LogP contribution >= 0.6 is 23.2 Å². The molecule has 0 spiro atoms. The van der Waals surface area contributed by atoms with E-state index in [-0.39, 0.29) is 15.6 Å². The highest BCUT2D eigenvalue weighted by atomic mass is 35.5. The number of rotatable bonds is 2. The number of nitrogens with two attached hydrogens (primary N) is 1.